The highest BCUT2D eigenvalue weighted by Crippen LogP contribution is 2.28. The Bertz CT molecular complexity index is 275. The van der Waals surface area contributed by atoms with Crippen molar-refractivity contribution in [2.24, 2.45) is 11.8 Å². The van der Waals surface area contributed by atoms with Crippen LogP contribution in [-0.2, 0) is 4.79 Å². The van der Waals surface area contributed by atoms with Crippen LogP contribution in [0.25, 0.3) is 0 Å². The first kappa shape index (κ1) is 13.5. The fourth-order valence-corrected chi connectivity index (χ4v) is 2.96. The molecule has 0 aromatic carbocycles. The molecule has 2 atom stereocenters. The second-order valence-electron chi connectivity index (χ2n) is 6.44. The fraction of sp³-hybridized carbons (Fsp3) is 0.923. The molecule has 1 saturated heterocycles. The Morgan fingerprint density at radius 2 is 1.56 bits per heavy atom. The smallest absolute Gasteiger partial charge is 0.241 e. The quantitative estimate of drug-likeness (QED) is 0.772. The van der Waals surface area contributed by atoms with Crippen LogP contribution in [0.1, 0.15) is 54.4 Å². The first-order chi connectivity index (χ1) is 7.17. The van der Waals surface area contributed by atoms with Crippen molar-refractivity contribution in [2.45, 2.75) is 65.6 Å². The van der Waals surface area contributed by atoms with Crippen molar-refractivity contribution >= 4 is 5.91 Å². The lowest BCUT2D eigenvalue weighted by Crippen LogP contribution is -2.51. The first-order valence-corrected chi connectivity index (χ1v) is 6.29. The Morgan fingerprint density at radius 3 is 2.00 bits per heavy atom. The predicted molar refractivity (Wildman–Crippen MR) is 67.0 cm³/mol. The number of carbonyl (C=O) groups excluding carboxylic acids is 1. The van der Waals surface area contributed by atoms with Gasteiger partial charge in [0, 0.05) is 0 Å². The van der Waals surface area contributed by atoms with E-state index in [2.05, 4.69) is 45.3 Å². The zero-order valence-electron chi connectivity index (χ0n) is 11.5. The molecule has 0 spiro atoms. The van der Waals surface area contributed by atoms with E-state index < -0.39 is 5.54 Å². The summed E-state index contributed by atoms with van der Waals surface area (Å²) in [6.45, 7) is 12.7. The summed E-state index contributed by atoms with van der Waals surface area (Å²) in [7, 11) is 0. The summed E-state index contributed by atoms with van der Waals surface area (Å²) in [6.07, 6.45) is 1.85. The van der Waals surface area contributed by atoms with Crippen molar-refractivity contribution in [2.75, 3.05) is 0 Å². The topological polar surface area (TPSA) is 41.1 Å². The molecule has 1 rings (SSSR count). The minimum atomic E-state index is -0.405. The van der Waals surface area contributed by atoms with Crippen LogP contribution in [0.3, 0.4) is 0 Å². The largest absolute Gasteiger partial charge is 0.337 e. The summed E-state index contributed by atoms with van der Waals surface area (Å²) in [4.78, 5) is 12.1. The average molecular weight is 226 g/mol. The van der Waals surface area contributed by atoms with Gasteiger partial charge in [-0.2, -0.15) is 0 Å². The number of carbonyl (C=O) groups is 1. The molecule has 3 heteroatoms. The van der Waals surface area contributed by atoms with Gasteiger partial charge in [-0.05, 0) is 38.5 Å². The van der Waals surface area contributed by atoms with Crippen molar-refractivity contribution in [3.05, 3.63) is 0 Å². The molecule has 0 aromatic rings. The van der Waals surface area contributed by atoms with Crippen LogP contribution in [0, 0.1) is 11.8 Å². The molecule has 1 fully saturated rings. The predicted octanol–water partition coefficient (Wildman–Crippen LogP) is 2.27. The molecule has 3 nitrogen and oxygen atoms in total. The normalized spacial score (nSPS) is 34.9. The van der Waals surface area contributed by atoms with Gasteiger partial charge in [-0.15, -0.1) is 0 Å². The van der Waals surface area contributed by atoms with Crippen molar-refractivity contribution in [1.29, 1.82) is 0 Å². The van der Waals surface area contributed by atoms with E-state index in [0.717, 1.165) is 12.8 Å². The Kier molecular flexibility index (Phi) is 3.68. The molecule has 0 radical (unpaired) electrons. The highest BCUT2D eigenvalue weighted by atomic mass is 16.2. The molecule has 1 aliphatic heterocycles. The Morgan fingerprint density at radius 1 is 1.06 bits per heavy atom. The minimum Gasteiger partial charge on any atom is -0.337 e. The Balaban J connectivity index is 2.76. The van der Waals surface area contributed by atoms with E-state index >= 15 is 0 Å². The summed E-state index contributed by atoms with van der Waals surface area (Å²) in [5, 5.41) is 6.60. The van der Waals surface area contributed by atoms with E-state index in [-0.39, 0.29) is 11.6 Å². The number of nitrogens with one attached hydrogen (secondary N) is 2. The van der Waals surface area contributed by atoms with E-state index in [4.69, 9.17) is 0 Å². The lowest BCUT2D eigenvalue weighted by atomic mass is 9.90. The molecular formula is C13H26N2O. The van der Waals surface area contributed by atoms with Gasteiger partial charge in [0.1, 0.15) is 0 Å². The second kappa shape index (κ2) is 4.36. The molecule has 0 saturated carbocycles. The number of rotatable bonds is 4. The molecule has 2 N–H and O–H groups in total. The second-order valence-corrected chi connectivity index (χ2v) is 6.44. The van der Waals surface area contributed by atoms with Gasteiger partial charge in [-0.25, -0.2) is 0 Å². The minimum absolute atomic E-state index is 0.143. The molecule has 1 heterocycles. The van der Waals surface area contributed by atoms with Crippen LogP contribution >= 0.6 is 0 Å². The fourth-order valence-electron chi connectivity index (χ4n) is 2.96. The van der Waals surface area contributed by atoms with E-state index in [1.54, 1.807) is 0 Å². The number of hydrogen-bond donors (Lipinski definition) is 2. The Labute approximate surface area is 99.4 Å². The third-order valence-corrected chi connectivity index (χ3v) is 3.08. The van der Waals surface area contributed by atoms with Crippen LogP contribution in [-0.4, -0.2) is 17.1 Å². The van der Waals surface area contributed by atoms with Crippen molar-refractivity contribution in [1.82, 2.24) is 10.6 Å². The van der Waals surface area contributed by atoms with Gasteiger partial charge < -0.3 is 5.32 Å². The number of hydrogen-bond acceptors (Lipinski definition) is 2. The lowest BCUT2D eigenvalue weighted by Gasteiger charge is -2.30. The molecular weight excluding hydrogens is 200 g/mol. The average Bonchev–Trinajstić information content (AvgIpc) is 2.17. The molecule has 2 unspecified atom stereocenters. The first-order valence-electron chi connectivity index (χ1n) is 6.29. The summed E-state index contributed by atoms with van der Waals surface area (Å²) >= 11 is 0. The molecule has 0 aliphatic carbocycles. The zero-order valence-corrected chi connectivity index (χ0v) is 11.5. The van der Waals surface area contributed by atoms with E-state index in [0.29, 0.717) is 11.8 Å². The van der Waals surface area contributed by atoms with Crippen LogP contribution < -0.4 is 10.6 Å². The van der Waals surface area contributed by atoms with Crippen LogP contribution in [0.15, 0.2) is 0 Å². The van der Waals surface area contributed by atoms with Gasteiger partial charge in [0.15, 0.2) is 0 Å². The summed E-state index contributed by atoms with van der Waals surface area (Å²) in [5.74, 6) is 1.23. The van der Waals surface area contributed by atoms with E-state index in [1.165, 1.54) is 0 Å². The molecule has 0 aromatic heterocycles. The van der Waals surface area contributed by atoms with Crippen molar-refractivity contribution in [3.63, 3.8) is 0 Å². The third kappa shape index (κ3) is 2.97. The van der Waals surface area contributed by atoms with Gasteiger partial charge in [0.05, 0.1) is 11.2 Å². The highest BCUT2D eigenvalue weighted by molar-refractivity contribution is 5.89. The zero-order chi connectivity index (χ0) is 12.6. The standard InChI is InChI=1S/C13H26N2O/c1-9(2)7-12(5)11(16)14-13(6,15-12)8-10(3)4/h9-10,15H,7-8H2,1-6H3,(H,14,16). The SMILES string of the molecule is CC(C)CC1(C)NC(=O)C(C)(CC(C)C)N1. The summed E-state index contributed by atoms with van der Waals surface area (Å²) in [6, 6.07) is 0. The van der Waals surface area contributed by atoms with Gasteiger partial charge >= 0.3 is 0 Å². The van der Waals surface area contributed by atoms with Crippen molar-refractivity contribution in [3.8, 4) is 0 Å². The summed E-state index contributed by atoms with van der Waals surface area (Å²) in [5.41, 5.74) is -0.646. The Hall–Kier alpha value is -0.570. The van der Waals surface area contributed by atoms with Crippen LogP contribution in [0.2, 0.25) is 0 Å². The van der Waals surface area contributed by atoms with Gasteiger partial charge in [-0.1, -0.05) is 27.7 Å². The third-order valence-electron chi connectivity index (χ3n) is 3.08. The molecule has 1 amide bonds. The van der Waals surface area contributed by atoms with E-state index in [9.17, 15) is 4.79 Å². The highest BCUT2D eigenvalue weighted by Gasteiger charge is 2.48. The van der Waals surface area contributed by atoms with Gasteiger partial charge in [0.25, 0.3) is 0 Å². The molecule has 94 valence electrons. The monoisotopic (exact) mass is 226 g/mol. The van der Waals surface area contributed by atoms with Crippen LogP contribution in [0.5, 0.6) is 0 Å². The van der Waals surface area contributed by atoms with Gasteiger partial charge in [-0.3, -0.25) is 10.1 Å². The maximum atomic E-state index is 12.1. The van der Waals surface area contributed by atoms with Gasteiger partial charge in [0.2, 0.25) is 5.91 Å². The maximum absolute atomic E-state index is 12.1. The molecule has 1 aliphatic rings. The van der Waals surface area contributed by atoms with E-state index in [1.807, 2.05) is 6.92 Å². The van der Waals surface area contributed by atoms with Crippen LogP contribution in [0.4, 0.5) is 0 Å². The maximum Gasteiger partial charge on any atom is 0.241 e. The van der Waals surface area contributed by atoms with Crippen molar-refractivity contribution < 1.29 is 4.79 Å². The lowest BCUT2D eigenvalue weighted by molar-refractivity contribution is -0.124. The molecule has 0 bridgehead atoms. The molecule has 16 heavy (non-hydrogen) atoms. The number of amides is 1. The summed E-state index contributed by atoms with van der Waals surface area (Å²) < 4.78 is 0.